The number of aromatic nitrogens is 4. The summed E-state index contributed by atoms with van der Waals surface area (Å²) in [6.45, 7) is 0. The van der Waals surface area contributed by atoms with Crippen LogP contribution in [-0.2, 0) is 9.59 Å². The van der Waals surface area contributed by atoms with Crippen LogP contribution in [0.1, 0.15) is 6.42 Å². The Morgan fingerprint density at radius 1 is 1.35 bits per heavy atom. The summed E-state index contributed by atoms with van der Waals surface area (Å²) in [7, 11) is 0. The standard InChI is InChI=1S/C14H11N5O3S/c20-12(7-3-8(7)13(21)22)19-14-18-9(4-23-14)10-6-1-2-15-11(6)17-5-16-10/h1-2,4-5,7-8H,3H2,(H,21,22)(H,15,16,17)(H,18,19,20)/t7-,8+/m1/s1. The van der Waals surface area contributed by atoms with Crippen LogP contribution in [0.15, 0.2) is 24.0 Å². The maximum Gasteiger partial charge on any atom is 0.307 e. The third-order valence-corrected chi connectivity index (χ3v) is 4.53. The van der Waals surface area contributed by atoms with Gasteiger partial charge in [-0.3, -0.25) is 9.59 Å². The lowest BCUT2D eigenvalue weighted by Gasteiger charge is -2.00. The maximum absolute atomic E-state index is 12.0. The maximum atomic E-state index is 12.0. The minimum absolute atomic E-state index is 0.298. The van der Waals surface area contributed by atoms with E-state index in [-0.39, 0.29) is 5.91 Å². The van der Waals surface area contributed by atoms with Crippen LogP contribution < -0.4 is 5.32 Å². The molecule has 1 fully saturated rings. The number of aliphatic carboxylic acids is 1. The Morgan fingerprint density at radius 3 is 3.00 bits per heavy atom. The molecule has 2 atom stereocenters. The van der Waals surface area contributed by atoms with E-state index in [4.69, 9.17) is 5.11 Å². The van der Waals surface area contributed by atoms with Gasteiger partial charge in [0.1, 0.15) is 23.4 Å². The summed E-state index contributed by atoms with van der Waals surface area (Å²) in [6, 6.07) is 1.87. The molecule has 3 aromatic heterocycles. The Labute approximate surface area is 133 Å². The predicted molar refractivity (Wildman–Crippen MR) is 82.9 cm³/mol. The molecule has 3 heterocycles. The number of nitrogens with zero attached hydrogens (tertiary/aromatic N) is 3. The highest BCUT2D eigenvalue weighted by Gasteiger charge is 2.48. The molecule has 9 heteroatoms. The number of carboxylic acid groups (broad SMARTS) is 1. The smallest absolute Gasteiger partial charge is 0.307 e. The Hall–Kier alpha value is -2.81. The van der Waals surface area contributed by atoms with Gasteiger partial charge in [0.05, 0.1) is 11.8 Å². The number of thiazole rings is 1. The van der Waals surface area contributed by atoms with Gasteiger partial charge in [0.15, 0.2) is 5.13 Å². The Balaban J connectivity index is 1.54. The third-order valence-electron chi connectivity index (χ3n) is 3.78. The lowest BCUT2D eigenvalue weighted by Crippen LogP contribution is -2.16. The zero-order valence-corrected chi connectivity index (χ0v) is 12.5. The van der Waals surface area contributed by atoms with Crippen molar-refractivity contribution in [3.8, 4) is 11.4 Å². The van der Waals surface area contributed by atoms with Crippen molar-refractivity contribution in [2.24, 2.45) is 11.8 Å². The predicted octanol–water partition coefficient (Wildman–Crippen LogP) is 1.74. The van der Waals surface area contributed by atoms with Crippen molar-refractivity contribution in [3.05, 3.63) is 24.0 Å². The SMILES string of the molecule is O=C(O)[C@H]1C[C@H]1C(=O)Nc1nc(-c2ncnc3[nH]ccc23)cs1. The fraction of sp³-hybridized carbons (Fsp3) is 0.214. The molecule has 1 amide bonds. The number of carbonyl (C=O) groups excluding carboxylic acids is 1. The first-order valence-electron chi connectivity index (χ1n) is 6.91. The van der Waals surface area contributed by atoms with Crippen LogP contribution in [0.3, 0.4) is 0 Å². The Kier molecular flexibility index (Phi) is 3.08. The van der Waals surface area contributed by atoms with E-state index < -0.39 is 17.8 Å². The van der Waals surface area contributed by atoms with Crippen molar-refractivity contribution in [3.63, 3.8) is 0 Å². The van der Waals surface area contributed by atoms with E-state index in [2.05, 4.69) is 25.3 Å². The number of carbonyl (C=O) groups is 2. The summed E-state index contributed by atoms with van der Waals surface area (Å²) < 4.78 is 0. The van der Waals surface area contributed by atoms with Gasteiger partial charge in [-0.05, 0) is 12.5 Å². The average molecular weight is 329 g/mol. The molecule has 8 nitrogen and oxygen atoms in total. The van der Waals surface area contributed by atoms with Gasteiger partial charge in [-0.25, -0.2) is 15.0 Å². The number of hydrogen-bond acceptors (Lipinski definition) is 6. The molecule has 0 aromatic carbocycles. The lowest BCUT2D eigenvalue weighted by atomic mass is 10.2. The van der Waals surface area contributed by atoms with Crippen molar-refractivity contribution < 1.29 is 14.7 Å². The third kappa shape index (κ3) is 2.44. The molecule has 1 aliphatic carbocycles. The largest absolute Gasteiger partial charge is 0.481 e. The van der Waals surface area contributed by atoms with Crippen molar-refractivity contribution in [2.75, 3.05) is 5.32 Å². The van der Waals surface area contributed by atoms with E-state index in [1.165, 1.54) is 17.7 Å². The van der Waals surface area contributed by atoms with E-state index in [1.807, 2.05) is 6.07 Å². The molecule has 0 saturated heterocycles. The van der Waals surface area contributed by atoms with Crippen LogP contribution in [0.25, 0.3) is 22.4 Å². The summed E-state index contributed by atoms with van der Waals surface area (Å²) in [5.74, 6) is -2.26. The van der Waals surface area contributed by atoms with Crippen LogP contribution in [0.5, 0.6) is 0 Å². The number of carboxylic acids is 1. The number of anilines is 1. The molecule has 0 unspecified atom stereocenters. The summed E-state index contributed by atoms with van der Waals surface area (Å²) in [4.78, 5) is 38.5. The molecule has 3 aromatic rings. The van der Waals surface area contributed by atoms with Gasteiger partial charge >= 0.3 is 5.97 Å². The lowest BCUT2D eigenvalue weighted by molar-refractivity contribution is -0.139. The van der Waals surface area contributed by atoms with E-state index in [9.17, 15) is 9.59 Å². The molecule has 0 aliphatic heterocycles. The number of H-pyrrole nitrogens is 1. The average Bonchev–Trinajstić information content (AvgIpc) is 2.98. The first-order chi connectivity index (χ1) is 11.1. The summed E-state index contributed by atoms with van der Waals surface area (Å²) in [5, 5.41) is 14.6. The number of amides is 1. The second-order valence-electron chi connectivity index (χ2n) is 5.28. The molecule has 4 rings (SSSR count). The topological polar surface area (TPSA) is 121 Å². The van der Waals surface area contributed by atoms with E-state index in [1.54, 1.807) is 11.6 Å². The number of fused-ring (bicyclic) bond motifs is 1. The first kappa shape index (κ1) is 13.8. The van der Waals surface area contributed by atoms with Crippen LogP contribution in [-0.4, -0.2) is 36.9 Å². The van der Waals surface area contributed by atoms with Crippen molar-refractivity contribution >= 4 is 39.4 Å². The zero-order valence-electron chi connectivity index (χ0n) is 11.7. The fourth-order valence-electron chi connectivity index (χ4n) is 2.47. The highest BCUT2D eigenvalue weighted by molar-refractivity contribution is 7.14. The van der Waals surface area contributed by atoms with Gasteiger partial charge in [0.2, 0.25) is 5.91 Å². The molecule has 3 N–H and O–H groups in total. The minimum atomic E-state index is -0.930. The van der Waals surface area contributed by atoms with Gasteiger partial charge in [-0.15, -0.1) is 11.3 Å². The molecule has 0 spiro atoms. The quantitative estimate of drug-likeness (QED) is 0.670. The van der Waals surface area contributed by atoms with Crippen LogP contribution >= 0.6 is 11.3 Å². The monoisotopic (exact) mass is 329 g/mol. The van der Waals surface area contributed by atoms with E-state index >= 15 is 0 Å². The highest BCUT2D eigenvalue weighted by atomic mass is 32.1. The van der Waals surface area contributed by atoms with Gasteiger partial charge in [-0.1, -0.05) is 0 Å². The molecular weight excluding hydrogens is 318 g/mol. The second-order valence-corrected chi connectivity index (χ2v) is 6.13. The fourth-order valence-corrected chi connectivity index (χ4v) is 3.17. The van der Waals surface area contributed by atoms with E-state index in [0.29, 0.717) is 22.9 Å². The Bertz CT molecular complexity index is 918. The number of hydrogen-bond donors (Lipinski definition) is 3. The van der Waals surface area contributed by atoms with Crippen molar-refractivity contribution in [2.45, 2.75) is 6.42 Å². The summed E-state index contributed by atoms with van der Waals surface area (Å²) in [6.07, 6.45) is 3.61. The number of nitrogens with one attached hydrogen (secondary N) is 2. The molecule has 0 radical (unpaired) electrons. The second kappa shape index (κ2) is 5.13. The highest BCUT2D eigenvalue weighted by Crippen LogP contribution is 2.39. The van der Waals surface area contributed by atoms with Crippen LogP contribution in [0.4, 0.5) is 5.13 Å². The summed E-state index contributed by atoms with van der Waals surface area (Å²) in [5.41, 5.74) is 2.04. The van der Waals surface area contributed by atoms with Crippen LogP contribution in [0, 0.1) is 11.8 Å². The van der Waals surface area contributed by atoms with Gasteiger partial charge in [0.25, 0.3) is 0 Å². The van der Waals surface area contributed by atoms with Gasteiger partial charge < -0.3 is 15.4 Å². The molecule has 1 aliphatic rings. The number of rotatable bonds is 4. The first-order valence-corrected chi connectivity index (χ1v) is 7.79. The van der Waals surface area contributed by atoms with E-state index in [0.717, 1.165) is 11.0 Å². The molecule has 116 valence electrons. The summed E-state index contributed by atoms with van der Waals surface area (Å²) >= 11 is 1.28. The molecular formula is C14H11N5O3S. The molecule has 0 bridgehead atoms. The molecule has 23 heavy (non-hydrogen) atoms. The number of aromatic amines is 1. The Morgan fingerprint density at radius 2 is 2.22 bits per heavy atom. The van der Waals surface area contributed by atoms with Gasteiger partial charge in [0, 0.05) is 17.0 Å². The zero-order chi connectivity index (χ0) is 16.0. The molecule has 1 saturated carbocycles. The van der Waals surface area contributed by atoms with Crippen LogP contribution in [0.2, 0.25) is 0 Å². The van der Waals surface area contributed by atoms with Crippen molar-refractivity contribution in [1.82, 2.24) is 19.9 Å². The van der Waals surface area contributed by atoms with Gasteiger partial charge in [-0.2, -0.15) is 0 Å². The normalized spacial score (nSPS) is 19.7. The van der Waals surface area contributed by atoms with Crippen molar-refractivity contribution in [1.29, 1.82) is 0 Å². The minimum Gasteiger partial charge on any atom is -0.481 e.